The standard InChI is InChI=1S/C15H12O4/c1-10(16)11-7-8-14(17)13(9-11)15(18)19-12-5-3-2-4-6-12/h2-9,17H,1H3. The number of aromatic hydroxyl groups is 1. The topological polar surface area (TPSA) is 63.6 Å². The molecule has 0 atom stereocenters. The van der Waals surface area contributed by atoms with Crippen molar-refractivity contribution in [3.05, 3.63) is 59.7 Å². The Morgan fingerprint density at radius 1 is 1.05 bits per heavy atom. The summed E-state index contributed by atoms with van der Waals surface area (Å²) in [7, 11) is 0. The van der Waals surface area contributed by atoms with Crippen LogP contribution in [-0.2, 0) is 0 Å². The van der Waals surface area contributed by atoms with Crippen molar-refractivity contribution in [3.63, 3.8) is 0 Å². The molecular formula is C15H12O4. The molecule has 2 aromatic rings. The summed E-state index contributed by atoms with van der Waals surface area (Å²) in [5, 5.41) is 9.65. The van der Waals surface area contributed by atoms with E-state index in [2.05, 4.69) is 0 Å². The summed E-state index contributed by atoms with van der Waals surface area (Å²) in [4.78, 5) is 23.2. The van der Waals surface area contributed by atoms with Gasteiger partial charge in [-0.15, -0.1) is 0 Å². The minimum Gasteiger partial charge on any atom is -0.507 e. The molecule has 0 saturated carbocycles. The largest absolute Gasteiger partial charge is 0.507 e. The highest BCUT2D eigenvalue weighted by Crippen LogP contribution is 2.21. The van der Waals surface area contributed by atoms with E-state index in [0.717, 1.165) is 0 Å². The van der Waals surface area contributed by atoms with Crippen LogP contribution in [0, 0.1) is 0 Å². The van der Waals surface area contributed by atoms with Crippen molar-refractivity contribution in [2.24, 2.45) is 0 Å². The SMILES string of the molecule is CC(=O)c1ccc(O)c(C(=O)Oc2ccccc2)c1. The number of rotatable bonds is 3. The van der Waals surface area contributed by atoms with Crippen molar-refractivity contribution in [1.82, 2.24) is 0 Å². The number of hydrogen-bond donors (Lipinski definition) is 1. The van der Waals surface area contributed by atoms with E-state index in [4.69, 9.17) is 4.74 Å². The molecule has 0 bridgehead atoms. The van der Waals surface area contributed by atoms with E-state index >= 15 is 0 Å². The van der Waals surface area contributed by atoms with E-state index in [1.165, 1.54) is 25.1 Å². The van der Waals surface area contributed by atoms with Gasteiger partial charge in [0.2, 0.25) is 0 Å². The molecule has 19 heavy (non-hydrogen) atoms. The van der Waals surface area contributed by atoms with Gasteiger partial charge in [0, 0.05) is 5.56 Å². The van der Waals surface area contributed by atoms with Crippen LogP contribution in [0.25, 0.3) is 0 Å². The first-order chi connectivity index (χ1) is 9.08. The smallest absolute Gasteiger partial charge is 0.347 e. The van der Waals surface area contributed by atoms with Crippen LogP contribution in [0.2, 0.25) is 0 Å². The van der Waals surface area contributed by atoms with Crippen LogP contribution in [0.15, 0.2) is 48.5 Å². The van der Waals surface area contributed by atoms with Crippen molar-refractivity contribution in [2.45, 2.75) is 6.92 Å². The van der Waals surface area contributed by atoms with Gasteiger partial charge in [0.25, 0.3) is 0 Å². The van der Waals surface area contributed by atoms with Crippen LogP contribution in [0.1, 0.15) is 27.6 Å². The average Bonchev–Trinajstić information content (AvgIpc) is 2.40. The van der Waals surface area contributed by atoms with Gasteiger partial charge in [-0.2, -0.15) is 0 Å². The molecule has 0 unspecified atom stereocenters. The number of hydrogen-bond acceptors (Lipinski definition) is 4. The zero-order chi connectivity index (χ0) is 13.8. The van der Waals surface area contributed by atoms with Crippen molar-refractivity contribution in [1.29, 1.82) is 0 Å². The van der Waals surface area contributed by atoms with E-state index in [-0.39, 0.29) is 17.1 Å². The molecule has 0 fully saturated rings. The first-order valence-corrected chi connectivity index (χ1v) is 5.69. The van der Waals surface area contributed by atoms with Crippen LogP contribution >= 0.6 is 0 Å². The maximum absolute atomic E-state index is 11.9. The number of benzene rings is 2. The van der Waals surface area contributed by atoms with E-state index < -0.39 is 5.97 Å². The van der Waals surface area contributed by atoms with Crippen LogP contribution in [0.3, 0.4) is 0 Å². The van der Waals surface area contributed by atoms with Crippen molar-refractivity contribution in [2.75, 3.05) is 0 Å². The predicted molar refractivity (Wildman–Crippen MR) is 69.5 cm³/mol. The summed E-state index contributed by atoms with van der Waals surface area (Å²) < 4.78 is 5.11. The summed E-state index contributed by atoms with van der Waals surface area (Å²) in [6.45, 7) is 1.39. The normalized spacial score (nSPS) is 9.95. The Morgan fingerprint density at radius 3 is 2.37 bits per heavy atom. The maximum atomic E-state index is 11.9. The number of ether oxygens (including phenoxy) is 1. The molecule has 0 aliphatic carbocycles. The minimum absolute atomic E-state index is 0.0310. The summed E-state index contributed by atoms with van der Waals surface area (Å²) in [6, 6.07) is 12.6. The van der Waals surface area contributed by atoms with Gasteiger partial charge in [0.1, 0.15) is 17.1 Å². The third kappa shape index (κ3) is 2.98. The molecule has 0 saturated heterocycles. The van der Waals surface area contributed by atoms with Gasteiger partial charge in [0.15, 0.2) is 5.78 Å². The number of carbonyl (C=O) groups excluding carboxylic acids is 2. The third-order valence-corrected chi connectivity index (χ3v) is 2.58. The number of esters is 1. The number of Topliss-reactive ketones (excluding diaryl/α,β-unsaturated/α-hetero) is 1. The van der Waals surface area contributed by atoms with Gasteiger partial charge < -0.3 is 9.84 Å². The summed E-state index contributed by atoms with van der Waals surface area (Å²) >= 11 is 0. The zero-order valence-electron chi connectivity index (χ0n) is 10.3. The number of phenolic OH excluding ortho intramolecular Hbond substituents is 1. The second kappa shape index (κ2) is 5.35. The van der Waals surface area contributed by atoms with Crippen LogP contribution in [0.4, 0.5) is 0 Å². The molecule has 0 radical (unpaired) electrons. The molecule has 0 aliphatic heterocycles. The Balaban J connectivity index is 2.28. The zero-order valence-corrected chi connectivity index (χ0v) is 10.3. The quantitative estimate of drug-likeness (QED) is 0.521. The van der Waals surface area contributed by atoms with E-state index in [1.54, 1.807) is 30.3 Å². The average molecular weight is 256 g/mol. The fourth-order valence-electron chi connectivity index (χ4n) is 1.57. The van der Waals surface area contributed by atoms with Crippen LogP contribution < -0.4 is 4.74 Å². The predicted octanol–water partition coefficient (Wildman–Crippen LogP) is 2.81. The molecular weight excluding hydrogens is 244 g/mol. The Hall–Kier alpha value is -2.62. The Morgan fingerprint density at radius 2 is 1.74 bits per heavy atom. The lowest BCUT2D eigenvalue weighted by Gasteiger charge is -2.07. The van der Waals surface area contributed by atoms with Gasteiger partial charge >= 0.3 is 5.97 Å². The van der Waals surface area contributed by atoms with Crippen LogP contribution in [0.5, 0.6) is 11.5 Å². The highest BCUT2D eigenvalue weighted by molar-refractivity contribution is 5.99. The molecule has 4 nitrogen and oxygen atoms in total. The molecule has 0 aromatic heterocycles. The van der Waals surface area contributed by atoms with Gasteiger partial charge in [0.05, 0.1) is 0 Å². The van der Waals surface area contributed by atoms with Crippen molar-refractivity contribution in [3.8, 4) is 11.5 Å². The van der Waals surface area contributed by atoms with Gasteiger partial charge in [-0.25, -0.2) is 4.79 Å². The Bertz CT molecular complexity index is 617. The lowest BCUT2D eigenvalue weighted by atomic mass is 10.1. The number of ketones is 1. The summed E-state index contributed by atoms with van der Waals surface area (Å²) in [5.41, 5.74) is 0.314. The summed E-state index contributed by atoms with van der Waals surface area (Å²) in [5.74, 6) is -0.730. The maximum Gasteiger partial charge on any atom is 0.347 e. The van der Waals surface area contributed by atoms with Crippen molar-refractivity contribution < 1.29 is 19.4 Å². The molecule has 0 heterocycles. The van der Waals surface area contributed by atoms with Crippen LogP contribution in [-0.4, -0.2) is 16.9 Å². The number of carbonyl (C=O) groups is 2. The Kier molecular flexibility index (Phi) is 3.61. The third-order valence-electron chi connectivity index (χ3n) is 2.58. The first-order valence-electron chi connectivity index (χ1n) is 5.69. The van der Waals surface area contributed by atoms with Crippen molar-refractivity contribution >= 4 is 11.8 Å². The van der Waals surface area contributed by atoms with E-state index in [1.807, 2.05) is 0 Å². The second-order valence-corrected chi connectivity index (χ2v) is 3.99. The van der Waals surface area contributed by atoms with Gasteiger partial charge in [-0.3, -0.25) is 4.79 Å². The number of phenols is 1. The van der Waals surface area contributed by atoms with E-state index in [9.17, 15) is 14.7 Å². The molecule has 2 rings (SSSR count). The molecule has 0 spiro atoms. The molecule has 4 heteroatoms. The minimum atomic E-state index is -0.702. The molecule has 0 amide bonds. The highest BCUT2D eigenvalue weighted by atomic mass is 16.5. The molecule has 96 valence electrons. The fraction of sp³-hybridized carbons (Fsp3) is 0.0667. The Labute approximate surface area is 110 Å². The fourth-order valence-corrected chi connectivity index (χ4v) is 1.57. The lowest BCUT2D eigenvalue weighted by molar-refractivity contribution is 0.0731. The highest BCUT2D eigenvalue weighted by Gasteiger charge is 2.15. The molecule has 1 N–H and O–H groups in total. The lowest BCUT2D eigenvalue weighted by Crippen LogP contribution is -2.09. The second-order valence-electron chi connectivity index (χ2n) is 3.99. The monoisotopic (exact) mass is 256 g/mol. The molecule has 0 aliphatic rings. The molecule has 2 aromatic carbocycles. The summed E-state index contributed by atoms with van der Waals surface area (Å²) in [6.07, 6.45) is 0. The van der Waals surface area contributed by atoms with E-state index in [0.29, 0.717) is 11.3 Å². The van der Waals surface area contributed by atoms with Gasteiger partial charge in [-0.05, 0) is 37.3 Å². The number of para-hydroxylation sites is 1. The first kappa shape index (κ1) is 12.8. The van der Waals surface area contributed by atoms with Gasteiger partial charge in [-0.1, -0.05) is 18.2 Å².